The van der Waals surface area contributed by atoms with E-state index in [4.69, 9.17) is 32.5 Å². The minimum absolute atomic E-state index is 0.0158. The van der Waals surface area contributed by atoms with Crippen LogP contribution >= 0.6 is 23.2 Å². The molecule has 0 bridgehead atoms. The van der Waals surface area contributed by atoms with Gasteiger partial charge >= 0.3 is 6.18 Å². The van der Waals surface area contributed by atoms with Crippen molar-refractivity contribution < 1.29 is 27.2 Å². The number of hydrogen-bond donors (Lipinski definition) is 0. The zero-order valence-electron chi connectivity index (χ0n) is 19.6. The van der Waals surface area contributed by atoms with Crippen molar-refractivity contribution in [2.45, 2.75) is 19.6 Å². The van der Waals surface area contributed by atoms with Crippen LogP contribution in [0.2, 0.25) is 10.0 Å². The molecular formula is C26H17Cl2F3N4O3. The van der Waals surface area contributed by atoms with E-state index in [1.54, 1.807) is 19.1 Å². The van der Waals surface area contributed by atoms with Crippen molar-refractivity contribution in [2.75, 3.05) is 6.61 Å². The molecule has 0 fully saturated rings. The molecule has 0 saturated heterocycles. The molecule has 3 heterocycles. The molecule has 7 nitrogen and oxygen atoms in total. The van der Waals surface area contributed by atoms with Crippen molar-refractivity contribution >= 4 is 39.9 Å². The number of halogens is 5. The van der Waals surface area contributed by atoms with Gasteiger partial charge in [0.2, 0.25) is 5.82 Å². The lowest BCUT2D eigenvalue weighted by atomic mass is 10.1. The van der Waals surface area contributed by atoms with Gasteiger partial charge in [0.05, 0.1) is 12.2 Å². The predicted molar refractivity (Wildman–Crippen MR) is 135 cm³/mol. The van der Waals surface area contributed by atoms with E-state index in [0.29, 0.717) is 21.9 Å². The standard InChI is InChI=1S/C26H17Cl2F3N4O3/c1-2-37-17-5-6-20-18(12-17)21(22(36)25-33-24(34-38-25)14-7-9-32-10-8-14)23(26(29,30)31)35(20)13-15-3-4-16(27)11-19(15)28/h3-12H,2,13H2,1H3. The number of aromatic nitrogens is 4. The first-order valence-electron chi connectivity index (χ1n) is 11.3. The third-order valence-electron chi connectivity index (χ3n) is 5.74. The summed E-state index contributed by atoms with van der Waals surface area (Å²) in [6, 6.07) is 12.1. The van der Waals surface area contributed by atoms with E-state index in [0.717, 1.165) is 4.57 Å². The maximum absolute atomic E-state index is 14.7. The molecule has 3 aromatic heterocycles. The van der Waals surface area contributed by atoms with E-state index in [1.807, 2.05) is 0 Å². The van der Waals surface area contributed by atoms with Gasteiger partial charge in [-0.2, -0.15) is 18.2 Å². The van der Waals surface area contributed by atoms with Gasteiger partial charge in [0.25, 0.3) is 11.7 Å². The Kier molecular flexibility index (Phi) is 6.85. The largest absolute Gasteiger partial charge is 0.494 e. The number of pyridine rings is 1. The number of alkyl halides is 3. The monoisotopic (exact) mass is 560 g/mol. The van der Waals surface area contributed by atoms with Crippen LogP contribution in [0.4, 0.5) is 13.2 Å². The molecule has 5 rings (SSSR count). The maximum Gasteiger partial charge on any atom is 0.432 e. The number of fused-ring (bicyclic) bond motifs is 1. The Labute approximate surface area is 223 Å². The van der Waals surface area contributed by atoms with Crippen LogP contribution in [0, 0.1) is 0 Å². The molecule has 0 radical (unpaired) electrons. The van der Waals surface area contributed by atoms with Gasteiger partial charge in [-0.25, -0.2) is 0 Å². The molecule has 0 spiro atoms. The number of ketones is 1. The topological polar surface area (TPSA) is 83.0 Å². The van der Waals surface area contributed by atoms with Gasteiger partial charge in [0, 0.05) is 45.5 Å². The Hall–Kier alpha value is -3.89. The summed E-state index contributed by atoms with van der Waals surface area (Å²) in [4.78, 5) is 21.6. The Bertz CT molecular complexity index is 1650. The lowest BCUT2D eigenvalue weighted by Crippen LogP contribution is -2.19. The molecule has 0 amide bonds. The summed E-state index contributed by atoms with van der Waals surface area (Å²) in [6.07, 6.45) is -1.96. The van der Waals surface area contributed by atoms with Crippen molar-refractivity contribution in [1.29, 1.82) is 0 Å². The number of nitrogens with zero attached hydrogens (tertiary/aromatic N) is 4. The first kappa shape index (κ1) is 25.7. The molecule has 0 aliphatic rings. The van der Waals surface area contributed by atoms with Crippen LogP contribution in [0.1, 0.15) is 34.4 Å². The maximum atomic E-state index is 14.7. The van der Waals surface area contributed by atoms with Gasteiger partial charge in [-0.3, -0.25) is 9.78 Å². The van der Waals surface area contributed by atoms with Gasteiger partial charge in [0.1, 0.15) is 11.4 Å². The summed E-state index contributed by atoms with van der Waals surface area (Å²) in [5.74, 6) is -1.33. The number of ether oxygens (including phenoxy) is 1. The fourth-order valence-electron chi connectivity index (χ4n) is 4.14. The quantitative estimate of drug-likeness (QED) is 0.197. The average molecular weight is 561 g/mol. The van der Waals surface area contributed by atoms with Gasteiger partial charge in [-0.15, -0.1) is 0 Å². The van der Waals surface area contributed by atoms with Crippen molar-refractivity contribution in [3.63, 3.8) is 0 Å². The third kappa shape index (κ3) is 4.84. The summed E-state index contributed by atoms with van der Waals surface area (Å²) in [6.45, 7) is 1.74. The molecule has 0 aliphatic carbocycles. The van der Waals surface area contributed by atoms with Crippen LogP contribution < -0.4 is 4.74 Å². The van der Waals surface area contributed by atoms with Gasteiger partial charge in [-0.1, -0.05) is 34.4 Å². The van der Waals surface area contributed by atoms with Crippen LogP contribution in [-0.4, -0.2) is 32.1 Å². The number of benzene rings is 2. The summed E-state index contributed by atoms with van der Waals surface area (Å²) >= 11 is 12.3. The minimum Gasteiger partial charge on any atom is -0.494 e. The zero-order chi connectivity index (χ0) is 27.0. The fourth-order valence-corrected chi connectivity index (χ4v) is 4.61. The molecule has 194 valence electrons. The Morgan fingerprint density at radius 3 is 2.53 bits per heavy atom. The van der Waals surface area contributed by atoms with Crippen LogP contribution in [0.3, 0.4) is 0 Å². The Morgan fingerprint density at radius 2 is 1.84 bits per heavy atom. The fraction of sp³-hybridized carbons (Fsp3) is 0.154. The van der Waals surface area contributed by atoms with E-state index in [1.165, 1.54) is 48.8 Å². The number of hydrogen-bond acceptors (Lipinski definition) is 6. The molecule has 2 aromatic carbocycles. The molecule has 0 N–H and O–H groups in total. The summed E-state index contributed by atoms with van der Waals surface area (Å²) < 4.78 is 55.6. The van der Waals surface area contributed by atoms with Crippen LogP contribution in [0.15, 0.2) is 65.4 Å². The summed E-state index contributed by atoms with van der Waals surface area (Å²) in [5, 5.41) is 4.31. The van der Waals surface area contributed by atoms with Crippen molar-refractivity contribution in [3.8, 4) is 17.1 Å². The number of carbonyl (C=O) groups excluding carboxylic acids is 1. The van der Waals surface area contributed by atoms with Crippen molar-refractivity contribution in [3.05, 3.63) is 93.7 Å². The molecule has 38 heavy (non-hydrogen) atoms. The highest BCUT2D eigenvalue weighted by atomic mass is 35.5. The number of rotatable bonds is 7. The summed E-state index contributed by atoms with van der Waals surface area (Å²) in [5.41, 5.74) is -0.810. The van der Waals surface area contributed by atoms with Gasteiger partial charge < -0.3 is 13.8 Å². The molecule has 0 unspecified atom stereocenters. The van der Waals surface area contributed by atoms with E-state index >= 15 is 0 Å². The predicted octanol–water partition coefficient (Wildman–Crippen LogP) is 7.09. The molecule has 12 heteroatoms. The average Bonchev–Trinajstić information content (AvgIpc) is 3.49. The zero-order valence-corrected chi connectivity index (χ0v) is 21.1. The highest BCUT2D eigenvalue weighted by Gasteiger charge is 2.42. The van der Waals surface area contributed by atoms with Crippen molar-refractivity contribution in [2.24, 2.45) is 0 Å². The lowest BCUT2D eigenvalue weighted by Gasteiger charge is -2.15. The van der Waals surface area contributed by atoms with E-state index in [2.05, 4.69) is 15.1 Å². The van der Waals surface area contributed by atoms with E-state index in [-0.39, 0.29) is 34.9 Å². The minimum atomic E-state index is -4.93. The van der Waals surface area contributed by atoms with E-state index < -0.39 is 29.1 Å². The van der Waals surface area contributed by atoms with Gasteiger partial charge in [0.15, 0.2) is 0 Å². The molecular weight excluding hydrogens is 544 g/mol. The second kappa shape index (κ2) is 10.1. The molecule has 5 aromatic rings. The second-order valence-electron chi connectivity index (χ2n) is 8.14. The highest BCUT2D eigenvalue weighted by Crippen LogP contribution is 2.41. The highest BCUT2D eigenvalue weighted by molar-refractivity contribution is 6.35. The second-order valence-corrected chi connectivity index (χ2v) is 8.99. The van der Waals surface area contributed by atoms with Crippen molar-refractivity contribution in [1.82, 2.24) is 19.7 Å². The smallest absolute Gasteiger partial charge is 0.432 e. The van der Waals surface area contributed by atoms with Gasteiger partial charge in [-0.05, 0) is 55.0 Å². The Morgan fingerprint density at radius 1 is 1.08 bits per heavy atom. The van der Waals surface area contributed by atoms with Crippen LogP contribution in [0.25, 0.3) is 22.3 Å². The van der Waals surface area contributed by atoms with Crippen LogP contribution in [0.5, 0.6) is 5.75 Å². The number of carbonyl (C=O) groups is 1. The normalized spacial score (nSPS) is 11.7. The first-order valence-corrected chi connectivity index (χ1v) is 12.0. The first-order chi connectivity index (χ1) is 18.2. The molecule has 0 saturated carbocycles. The third-order valence-corrected chi connectivity index (χ3v) is 6.33. The lowest BCUT2D eigenvalue weighted by molar-refractivity contribution is -0.143. The summed E-state index contributed by atoms with van der Waals surface area (Å²) in [7, 11) is 0. The van der Waals surface area contributed by atoms with E-state index in [9.17, 15) is 18.0 Å². The molecule has 0 aliphatic heterocycles. The molecule has 0 atom stereocenters. The Balaban J connectivity index is 1.73. The van der Waals surface area contributed by atoms with Crippen LogP contribution in [-0.2, 0) is 12.7 Å². The SMILES string of the molecule is CCOc1ccc2c(c1)c(C(=O)c1nc(-c3ccncc3)no1)c(C(F)(F)F)n2Cc1ccc(Cl)cc1Cl.